The number of benzene rings is 1. The van der Waals surface area contributed by atoms with Crippen molar-refractivity contribution in [3.8, 4) is 0 Å². The molecular formula is C17H25ClO2. The first kappa shape index (κ1) is 17.0. The third kappa shape index (κ3) is 5.54. The van der Waals surface area contributed by atoms with Gasteiger partial charge in [0.05, 0.1) is 5.92 Å². The van der Waals surface area contributed by atoms with E-state index in [0.717, 1.165) is 18.4 Å². The SMILES string of the molecule is CCCC(Cl)OC(=O)C(C)c1ccc(CC(C)C)cc1. The van der Waals surface area contributed by atoms with Crippen LogP contribution in [-0.2, 0) is 16.0 Å². The van der Waals surface area contributed by atoms with Crippen molar-refractivity contribution in [1.29, 1.82) is 0 Å². The fourth-order valence-electron chi connectivity index (χ4n) is 2.06. The molecule has 0 heterocycles. The number of rotatable bonds is 7. The Kier molecular flexibility index (Phi) is 7.08. The van der Waals surface area contributed by atoms with E-state index in [1.54, 1.807) is 0 Å². The lowest BCUT2D eigenvalue weighted by molar-refractivity contribution is -0.147. The fraction of sp³-hybridized carbons (Fsp3) is 0.588. The van der Waals surface area contributed by atoms with Gasteiger partial charge < -0.3 is 4.74 Å². The van der Waals surface area contributed by atoms with Crippen LogP contribution in [0.2, 0.25) is 0 Å². The molecule has 0 aliphatic heterocycles. The number of carbonyl (C=O) groups is 1. The van der Waals surface area contributed by atoms with Crippen LogP contribution < -0.4 is 0 Å². The summed E-state index contributed by atoms with van der Waals surface area (Å²) in [7, 11) is 0. The zero-order valence-electron chi connectivity index (χ0n) is 12.9. The molecule has 0 saturated carbocycles. The molecule has 1 aromatic rings. The monoisotopic (exact) mass is 296 g/mol. The minimum absolute atomic E-state index is 0.255. The Morgan fingerprint density at radius 3 is 2.30 bits per heavy atom. The first-order valence-electron chi connectivity index (χ1n) is 7.37. The van der Waals surface area contributed by atoms with E-state index < -0.39 is 5.56 Å². The molecule has 20 heavy (non-hydrogen) atoms. The van der Waals surface area contributed by atoms with E-state index in [9.17, 15) is 4.79 Å². The second kappa shape index (κ2) is 8.31. The maximum atomic E-state index is 12.0. The topological polar surface area (TPSA) is 26.3 Å². The smallest absolute Gasteiger partial charge is 0.314 e. The molecule has 112 valence electrons. The molecule has 0 aromatic heterocycles. The van der Waals surface area contributed by atoms with Gasteiger partial charge in [0.2, 0.25) is 0 Å². The van der Waals surface area contributed by atoms with Crippen molar-refractivity contribution in [1.82, 2.24) is 0 Å². The van der Waals surface area contributed by atoms with Crippen molar-refractivity contribution in [3.05, 3.63) is 35.4 Å². The highest BCUT2D eigenvalue weighted by Gasteiger charge is 2.19. The van der Waals surface area contributed by atoms with E-state index in [0.29, 0.717) is 12.3 Å². The number of hydrogen-bond donors (Lipinski definition) is 0. The Labute approximate surface area is 127 Å². The number of ether oxygens (including phenoxy) is 1. The average molecular weight is 297 g/mol. The number of alkyl halides is 1. The van der Waals surface area contributed by atoms with Crippen LogP contribution in [0, 0.1) is 5.92 Å². The second-order valence-electron chi connectivity index (χ2n) is 5.70. The highest BCUT2D eigenvalue weighted by atomic mass is 35.5. The van der Waals surface area contributed by atoms with Gasteiger partial charge >= 0.3 is 5.97 Å². The van der Waals surface area contributed by atoms with Gasteiger partial charge in [-0.25, -0.2) is 0 Å². The largest absolute Gasteiger partial charge is 0.446 e. The van der Waals surface area contributed by atoms with Gasteiger partial charge in [-0.05, 0) is 36.8 Å². The lowest BCUT2D eigenvalue weighted by Crippen LogP contribution is -2.18. The third-order valence-corrected chi connectivity index (χ3v) is 3.54. The predicted molar refractivity (Wildman–Crippen MR) is 84.0 cm³/mol. The van der Waals surface area contributed by atoms with Crippen molar-refractivity contribution in [3.63, 3.8) is 0 Å². The zero-order valence-corrected chi connectivity index (χ0v) is 13.6. The summed E-state index contributed by atoms with van der Waals surface area (Å²) in [5.74, 6) is 0.102. The predicted octanol–water partition coefficient (Wildman–Crippen LogP) is 4.90. The normalized spacial score (nSPS) is 14.1. The Morgan fingerprint density at radius 2 is 1.80 bits per heavy atom. The van der Waals surface area contributed by atoms with Crippen molar-refractivity contribution in [2.24, 2.45) is 5.92 Å². The molecule has 0 amide bonds. The average Bonchev–Trinajstić information content (AvgIpc) is 2.38. The van der Waals surface area contributed by atoms with Gasteiger partial charge in [-0.2, -0.15) is 0 Å². The summed E-state index contributed by atoms with van der Waals surface area (Å²) in [6, 6.07) is 8.19. The molecule has 1 aromatic carbocycles. The molecule has 2 unspecified atom stereocenters. The van der Waals surface area contributed by atoms with Gasteiger partial charge in [-0.3, -0.25) is 4.79 Å². The van der Waals surface area contributed by atoms with Crippen LogP contribution in [0.25, 0.3) is 0 Å². The van der Waals surface area contributed by atoms with Crippen LogP contribution in [0.4, 0.5) is 0 Å². The molecule has 0 bridgehead atoms. The van der Waals surface area contributed by atoms with Crippen molar-refractivity contribution in [2.75, 3.05) is 0 Å². The Balaban J connectivity index is 2.62. The first-order valence-corrected chi connectivity index (χ1v) is 7.81. The van der Waals surface area contributed by atoms with E-state index in [-0.39, 0.29) is 11.9 Å². The fourth-order valence-corrected chi connectivity index (χ4v) is 2.37. The first-order chi connectivity index (χ1) is 9.43. The zero-order chi connectivity index (χ0) is 15.1. The Hall–Kier alpha value is -1.02. The van der Waals surface area contributed by atoms with Gasteiger partial charge in [0.15, 0.2) is 5.56 Å². The molecule has 1 rings (SSSR count). The minimum Gasteiger partial charge on any atom is -0.446 e. The number of halogens is 1. The van der Waals surface area contributed by atoms with Crippen LogP contribution in [0.15, 0.2) is 24.3 Å². The lowest BCUT2D eigenvalue weighted by atomic mass is 9.97. The number of esters is 1. The second-order valence-corrected chi connectivity index (χ2v) is 6.18. The van der Waals surface area contributed by atoms with Gasteiger partial charge in [-0.1, -0.05) is 63.1 Å². The van der Waals surface area contributed by atoms with Crippen LogP contribution in [0.3, 0.4) is 0 Å². The summed E-state index contributed by atoms with van der Waals surface area (Å²) >= 11 is 5.95. The van der Waals surface area contributed by atoms with E-state index in [4.69, 9.17) is 16.3 Å². The molecule has 0 N–H and O–H groups in total. The summed E-state index contributed by atoms with van der Waals surface area (Å²) in [6.45, 7) is 8.26. The number of carbonyl (C=O) groups excluding carboxylic acids is 1. The summed E-state index contributed by atoms with van der Waals surface area (Å²) in [4.78, 5) is 12.0. The molecule has 0 spiro atoms. The highest BCUT2D eigenvalue weighted by Crippen LogP contribution is 2.20. The van der Waals surface area contributed by atoms with E-state index in [1.165, 1.54) is 5.56 Å². The quantitative estimate of drug-likeness (QED) is 0.528. The molecule has 2 atom stereocenters. The van der Waals surface area contributed by atoms with Gasteiger partial charge in [-0.15, -0.1) is 0 Å². The Bertz CT molecular complexity index is 412. The van der Waals surface area contributed by atoms with Crippen molar-refractivity contribution in [2.45, 2.75) is 58.4 Å². The summed E-state index contributed by atoms with van der Waals surface area (Å²) in [5, 5.41) is 0. The Morgan fingerprint density at radius 1 is 1.20 bits per heavy atom. The van der Waals surface area contributed by atoms with E-state index >= 15 is 0 Å². The molecule has 3 heteroatoms. The summed E-state index contributed by atoms with van der Waals surface area (Å²) in [5.41, 5.74) is 1.75. The highest BCUT2D eigenvalue weighted by molar-refractivity contribution is 6.20. The molecule has 0 radical (unpaired) electrons. The standard InChI is InChI=1S/C17H25ClO2/c1-5-6-16(18)20-17(19)13(4)15-9-7-14(8-10-15)11-12(2)3/h7-10,12-13,16H,5-6,11H2,1-4H3. The van der Waals surface area contributed by atoms with Gasteiger partial charge in [0.1, 0.15) is 0 Å². The molecule has 0 aliphatic rings. The van der Waals surface area contributed by atoms with E-state index in [1.807, 2.05) is 26.0 Å². The summed E-state index contributed by atoms with van der Waals surface area (Å²) in [6.07, 6.45) is 2.65. The lowest BCUT2D eigenvalue weighted by Gasteiger charge is -2.15. The van der Waals surface area contributed by atoms with Crippen LogP contribution in [0.1, 0.15) is 57.6 Å². The summed E-state index contributed by atoms with van der Waals surface area (Å²) < 4.78 is 5.23. The van der Waals surface area contributed by atoms with E-state index in [2.05, 4.69) is 26.0 Å². The van der Waals surface area contributed by atoms with Gasteiger partial charge in [0.25, 0.3) is 0 Å². The molecule has 0 aliphatic carbocycles. The van der Waals surface area contributed by atoms with Crippen LogP contribution in [-0.4, -0.2) is 11.5 Å². The third-order valence-electron chi connectivity index (χ3n) is 3.24. The van der Waals surface area contributed by atoms with Crippen LogP contribution in [0.5, 0.6) is 0 Å². The molecule has 2 nitrogen and oxygen atoms in total. The van der Waals surface area contributed by atoms with Crippen molar-refractivity contribution < 1.29 is 9.53 Å². The maximum Gasteiger partial charge on any atom is 0.314 e. The van der Waals surface area contributed by atoms with Crippen molar-refractivity contribution >= 4 is 17.6 Å². The number of hydrogen-bond acceptors (Lipinski definition) is 2. The minimum atomic E-state index is -0.518. The molecular weight excluding hydrogens is 272 g/mol. The van der Waals surface area contributed by atoms with Gasteiger partial charge in [0, 0.05) is 0 Å². The molecule has 0 saturated heterocycles. The maximum absolute atomic E-state index is 12.0. The van der Waals surface area contributed by atoms with Crippen LogP contribution >= 0.6 is 11.6 Å². The molecule has 0 fully saturated rings.